The van der Waals surface area contributed by atoms with Gasteiger partial charge >= 0.3 is 5.97 Å². The second-order valence-electron chi connectivity index (χ2n) is 2.73. The summed E-state index contributed by atoms with van der Waals surface area (Å²) in [4.78, 5) is 11.5. The van der Waals surface area contributed by atoms with Gasteiger partial charge in [-0.15, -0.1) is 24.0 Å². The lowest BCUT2D eigenvalue weighted by Gasteiger charge is -1.98. The highest BCUT2D eigenvalue weighted by molar-refractivity contribution is 7.80. The lowest BCUT2D eigenvalue weighted by Crippen LogP contribution is -2.00. The van der Waals surface area contributed by atoms with Crippen LogP contribution in [0.15, 0.2) is 22.4 Å². The van der Waals surface area contributed by atoms with Crippen molar-refractivity contribution < 1.29 is 14.3 Å². The molecule has 0 spiro atoms. The highest BCUT2D eigenvalue weighted by atomic mass is 32.1. The molecule has 0 saturated carbocycles. The van der Waals surface area contributed by atoms with Crippen LogP contribution in [0.5, 0.6) is 0 Å². The molecule has 1 aromatic heterocycles. The van der Waals surface area contributed by atoms with Crippen LogP contribution in [0.3, 0.4) is 0 Å². The fraction of sp³-hybridized carbons (Fsp3) is 0. The number of carboxylic acid groups (broad SMARTS) is 1. The number of thiol groups is 1. The Bertz CT molecular complexity index is 519. The summed E-state index contributed by atoms with van der Waals surface area (Å²) in [6, 6.07) is 2.69. The van der Waals surface area contributed by atoms with Crippen molar-refractivity contribution in [3.63, 3.8) is 0 Å². The van der Waals surface area contributed by atoms with E-state index in [1.165, 1.54) is 17.4 Å². The number of benzene rings is 1. The van der Waals surface area contributed by atoms with Gasteiger partial charge in [0.15, 0.2) is 0 Å². The second-order valence-corrected chi connectivity index (χ2v) is 4.09. The normalized spacial score (nSPS) is 10.7. The summed E-state index contributed by atoms with van der Waals surface area (Å²) in [5, 5.41) is 11.2. The predicted molar refractivity (Wildman–Crippen MR) is 56.0 cm³/mol. The lowest BCUT2D eigenvalue weighted by atomic mass is 10.1. The van der Waals surface area contributed by atoms with Crippen LogP contribution >= 0.6 is 24.0 Å². The summed E-state index contributed by atoms with van der Waals surface area (Å²) >= 11 is 5.33. The van der Waals surface area contributed by atoms with Gasteiger partial charge in [-0.2, -0.15) is 0 Å². The predicted octanol–water partition coefficient (Wildman–Crippen LogP) is 3.03. The third-order valence-corrected chi connectivity index (χ3v) is 3.44. The molecule has 0 atom stereocenters. The number of fused-ring (bicyclic) bond motifs is 1. The smallest absolute Gasteiger partial charge is 0.340 e. The fourth-order valence-corrected chi connectivity index (χ4v) is 2.64. The van der Waals surface area contributed by atoms with Crippen LogP contribution in [0.25, 0.3) is 10.1 Å². The van der Waals surface area contributed by atoms with Gasteiger partial charge in [0.05, 0.1) is 4.70 Å². The minimum absolute atomic E-state index is 0.271. The van der Waals surface area contributed by atoms with E-state index < -0.39 is 11.8 Å². The van der Waals surface area contributed by atoms with E-state index in [0.29, 0.717) is 15.0 Å². The van der Waals surface area contributed by atoms with Crippen LogP contribution < -0.4 is 0 Å². The number of aromatic carboxylic acids is 1. The van der Waals surface area contributed by atoms with Gasteiger partial charge < -0.3 is 5.11 Å². The van der Waals surface area contributed by atoms with Crippen LogP contribution in [0.4, 0.5) is 4.39 Å². The summed E-state index contributed by atoms with van der Waals surface area (Å²) in [7, 11) is 0. The molecule has 14 heavy (non-hydrogen) atoms. The molecular weight excluding hydrogens is 223 g/mol. The molecule has 0 unspecified atom stereocenters. The Balaban J connectivity index is 2.90. The number of thiophene rings is 1. The Kier molecular flexibility index (Phi) is 2.20. The second kappa shape index (κ2) is 3.25. The van der Waals surface area contributed by atoms with E-state index in [4.69, 9.17) is 5.11 Å². The average molecular weight is 228 g/mol. The Hall–Kier alpha value is -1.07. The molecule has 0 aliphatic rings. The molecule has 0 bridgehead atoms. The highest BCUT2D eigenvalue weighted by Gasteiger charge is 2.16. The van der Waals surface area contributed by atoms with Gasteiger partial charge in [-0.3, -0.25) is 0 Å². The Morgan fingerprint density at radius 2 is 2.21 bits per heavy atom. The topological polar surface area (TPSA) is 37.3 Å². The van der Waals surface area contributed by atoms with Crippen molar-refractivity contribution in [2.45, 2.75) is 4.90 Å². The molecule has 0 saturated heterocycles. The van der Waals surface area contributed by atoms with Crippen molar-refractivity contribution >= 4 is 40.0 Å². The Morgan fingerprint density at radius 3 is 2.86 bits per heavy atom. The van der Waals surface area contributed by atoms with Crippen molar-refractivity contribution in [3.8, 4) is 0 Å². The Morgan fingerprint density at radius 1 is 1.50 bits per heavy atom. The number of hydrogen-bond acceptors (Lipinski definition) is 3. The fourth-order valence-electron chi connectivity index (χ4n) is 1.26. The maximum absolute atomic E-state index is 13.2. The molecule has 72 valence electrons. The van der Waals surface area contributed by atoms with E-state index in [1.807, 2.05) is 0 Å². The number of rotatable bonds is 1. The molecule has 1 N–H and O–H groups in total. The van der Waals surface area contributed by atoms with E-state index in [0.717, 1.165) is 6.07 Å². The van der Waals surface area contributed by atoms with E-state index in [-0.39, 0.29) is 5.56 Å². The van der Waals surface area contributed by atoms with Crippen molar-refractivity contribution in [2.24, 2.45) is 0 Å². The third kappa shape index (κ3) is 1.29. The molecule has 0 radical (unpaired) electrons. The number of carbonyl (C=O) groups is 1. The highest BCUT2D eigenvalue weighted by Crippen LogP contribution is 2.32. The zero-order valence-corrected chi connectivity index (χ0v) is 8.53. The van der Waals surface area contributed by atoms with Crippen molar-refractivity contribution in [1.82, 2.24) is 0 Å². The quantitative estimate of drug-likeness (QED) is 0.736. The van der Waals surface area contributed by atoms with E-state index >= 15 is 0 Å². The largest absolute Gasteiger partial charge is 0.478 e. The maximum Gasteiger partial charge on any atom is 0.340 e. The minimum atomic E-state index is -1.25. The van der Waals surface area contributed by atoms with Crippen LogP contribution in [0.2, 0.25) is 0 Å². The maximum atomic E-state index is 13.2. The summed E-state index contributed by atoms with van der Waals surface area (Å²) in [5.74, 6) is -1.96. The number of carboxylic acids is 1. The van der Waals surface area contributed by atoms with E-state index in [9.17, 15) is 9.18 Å². The number of halogens is 1. The molecule has 0 amide bonds. The van der Waals surface area contributed by atoms with Gasteiger partial charge in [-0.1, -0.05) is 0 Å². The number of hydrogen-bond donors (Lipinski definition) is 2. The average Bonchev–Trinajstić information content (AvgIpc) is 2.47. The summed E-state index contributed by atoms with van der Waals surface area (Å²) in [5.41, 5.74) is -0.271. The molecule has 0 aliphatic carbocycles. The molecule has 1 aromatic carbocycles. The van der Waals surface area contributed by atoms with Crippen LogP contribution in [-0.2, 0) is 0 Å². The lowest BCUT2D eigenvalue weighted by molar-refractivity contribution is 0.0694. The molecule has 0 aliphatic heterocycles. The van der Waals surface area contributed by atoms with Gasteiger partial charge in [0.25, 0.3) is 0 Å². The van der Waals surface area contributed by atoms with Gasteiger partial charge in [-0.25, -0.2) is 9.18 Å². The molecule has 2 aromatic rings. The third-order valence-electron chi connectivity index (χ3n) is 1.89. The molecular formula is C9H5FO2S2. The monoisotopic (exact) mass is 228 g/mol. The minimum Gasteiger partial charge on any atom is -0.478 e. The van der Waals surface area contributed by atoms with E-state index in [2.05, 4.69) is 12.6 Å². The summed E-state index contributed by atoms with van der Waals surface area (Å²) in [6.45, 7) is 0. The molecule has 0 fully saturated rings. The first-order valence-electron chi connectivity index (χ1n) is 3.73. The van der Waals surface area contributed by atoms with Gasteiger partial charge in [0, 0.05) is 15.7 Å². The van der Waals surface area contributed by atoms with Crippen molar-refractivity contribution in [3.05, 3.63) is 28.9 Å². The summed E-state index contributed by atoms with van der Waals surface area (Å²) in [6.07, 6.45) is 0. The SMILES string of the molecule is O=C(O)c1c(F)ccc2c(S)csc12. The van der Waals surface area contributed by atoms with Gasteiger partial charge in [0.1, 0.15) is 11.4 Å². The standard InChI is InChI=1S/C9H5FO2S2/c10-5-2-1-4-6(13)3-14-8(4)7(5)9(11)12/h1-3,13H,(H,11,12). The van der Waals surface area contributed by atoms with Crippen LogP contribution in [0, 0.1) is 5.82 Å². The molecule has 5 heteroatoms. The zero-order chi connectivity index (χ0) is 10.3. The molecule has 2 nitrogen and oxygen atoms in total. The molecule has 2 rings (SSSR count). The first kappa shape index (κ1) is 9.48. The Labute approximate surface area is 88.4 Å². The van der Waals surface area contributed by atoms with Crippen LogP contribution in [-0.4, -0.2) is 11.1 Å². The van der Waals surface area contributed by atoms with Crippen molar-refractivity contribution in [2.75, 3.05) is 0 Å². The summed E-state index contributed by atoms with van der Waals surface area (Å²) < 4.78 is 13.6. The zero-order valence-electron chi connectivity index (χ0n) is 6.82. The van der Waals surface area contributed by atoms with Gasteiger partial charge in [-0.05, 0) is 12.1 Å². The van der Waals surface area contributed by atoms with Crippen molar-refractivity contribution in [1.29, 1.82) is 0 Å². The van der Waals surface area contributed by atoms with Crippen LogP contribution in [0.1, 0.15) is 10.4 Å². The van der Waals surface area contributed by atoms with Gasteiger partial charge in [0.2, 0.25) is 0 Å². The molecule has 1 heterocycles. The first-order valence-corrected chi connectivity index (χ1v) is 5.06. The first-order chi connectivity index (χ1) is 6.61. The van der Waals surface area contributed by atoms with E-state index in [1.54, 1.807) is 5.38 Å².